The number of nitrogens with two attached hydrogens (primary N) is 1. The van der Waals surface area contributed by atoms with Crippen LogP contribution in [0.15, 0.2) is 35.7 Å². The topological polar surface area (TPSA) is 43.1 Å². The Kier molecular flexibility index (Phi) is 3.31. The fourth-order valence-electron chi connectivity index (χ4n) is 1.45. The molecule has 2 N–H and O–H groups in total. The zero-order valence-electron chi connectivity index (χ0n) is 8.69. The lowest BCUT2D eigenvalue weighted by molar-refractivity contribution is 0.0958. The number of hydrogen-bond acceptors (Lipinski definition) is 3. The van der Waals surface area contributed by atoms with E-state index in [1.807, 2.05) is 0 Å². The van der Waals surface area contributed by atoms with Crippen molar-refractivity contribution in [2.24, 2.45) is 5.73 Å². The summed E-state index contributed by atoms with van der Waals surface area (Å²) >= 11 is 1.32. The van der Waals surface area contributed by atoms with Crippen molar-refractivity contribution >= 4 is 17.1 Å². The van der Waals surface area contributed by atoms with E-state index in [1.165, 1.54) is 11.3 Å². The van der Waals surface area contributed by atoms with Crippen LogP contribution in [-0.4, -0.2) is 5.78 Å². The predicted octanol–water partition coefficient (Wildman–Crippen LogP) is 2.91. The SMILES string of the molecule is NC(C(=O)c1ccc(F)cc1F)c1cccs1. The average molecular weight is 253 g/mol. The van der Waals surface area contributed by atoms with E-state index in [2.05, 4.69) is 0 Å². The number of rotatable bonds is 3. The van der Waals surface area contributed by atoms with Crippen LogP contribution < -0.4 is 5.73 Å². The maximum absolute atomic E-state index is 13.4. The molecule has 1 aromatic carbocycles. The van der Waals surface area contributed by atoms with E-state index >= 15 is 0 Å². The normalized spacial score (nSPS) is 12.4. The van der Waals surface area contributed by atoms with Crippen molar-refractivity contribution in [3.05, 3.63) is 57.8 Å². The third-order valence-corrected chi connectivity index (χ3v) is 3.28. The van der Waals surface area contributed by atoms with E-state index in [-0.39, 0.29) is 5.56 Å². The number of ketones is 1. The van der Waals surface area contributed by atoms with E-state index < -0.39 is 23.5 Å². The summed E-state index contributed by atoms with van der Waals surface area (Å²) in [6, 6.07) is 5.38. The third kappa shape index (κ3) is 2.40. The minimum atomic E-state index is -0.907. The van der Waals surface area contributed by atoms with Crippen molar-refractivity contribution in [3.63, 3.8) is 0 Å². The number of halogens is 2. The van der Waals surface area contributed by atoms with Crippen molar-refractivity contribution in [1.82, 2.24) is 0 Å². The lowest BCUT2D eigenvalue weighted by atomic mass is 10.0. The third-order valence-electron chi connectivity index (χ3n) is 2.33. The molecule has 1 heterocycles. The second-order valence-electron chi connectivity index (χ2n) is 3.48. The van der Waals surface area contributed by atoms with Crippen LogP contribution in [0.25, 0.3) is 0 Å². The molecule has 88 valence electrons. The molecule has 17 heavy (non-hydrogen) atoms. The van der Waals surface area contributed by atoms with Gasteiger partial charge in [-0.05, 0) is 23.6 Å². The van der Waals surface area contributed by atoms with Gasteiger partial charge in [-0.15, -0.1) is 11.3 Å². The maximum atomic E-state index is 13.4. The van der Waals surface area contributed by atoms with Gasteiger partial charge in [-0.1, -0.05) is 6.07 Å². The van der Waals surface area contributed by atoms with E-state index in [0.717, 1.165) is 12.1 Å². The molecule has 5 heteroatoms. The molecule has 0 saturated carbocycles. The van der Waals surface area contributed by atoms with Gasteiger partial charge < -0.3 is 5.73 Å². The summed E-state index contributed by atoms with van der Waals surface area (Å²) in [5, 5.41) is 1.78. The minimum Gasteiger partial charge on any atom is -0.317 e. The quantitative estimate of drug-likeness (QED) is 0.855. The zero-order chi connectivity index (χ0) is 12.4. The Morgan fingerprint density at radius 2 is 2.06 bits per heavy atom. The highest BCUT2D eigenvalue weighted by Gasteiger charge is 2.21. The predicted molar refractivity (Wildman–Crippen MR) is 61.9 cm³/mol. The van der Waals surface area contributed by atoms with Gasteiger partial charge in [0.15, 0.2) is 5.78 Å². The molecule has 0 aliphatic carbocycles. The molecule has 0 aliphatic rings. The molecule has 0 aliphatic heterocycles. The molecule has 0 fully saturated rings. The van der Waals surface area contributed by atoms with Gasteiger partial charge in [0.2, 0.25) is 0 Å². The van der Waals surface area contributed by atoms with Gasteiger partial charge in [-0.3, -0.25) is 4.79 Å². The fraction of sp³-hybridized carbons (Fsp3) is 0.0833. The number of Topliss-reactive ketones (excluding diaryl/α,β-unsaturated/α-hetero) is 1. The molecule has 0 saturated heterocycles. The Balaban J connectivity index is 2.31. The first kappa shape index (κ1) is 11.9. The summed E-state index contributed by atoms with van der Waals surface area (Å²) in [7, 11) is 0. The molecule has 1 unspecified atom stereocenters. The van der Waals surface area contributed by atoms with Crippen molar-refractivity contribution < 1.29 is 13.6 Å². The van der Waals surface area contributed by atoms with E-state index in [0.29, 0.717) is 10.9 Å². The number of benzene rings is 1. The first-order chi connectivity index (χ1) is 8.09. The van der Waals surface area contributed by atoms with E-state index in [9.17, 15) is 13.6 Å². The molecule has 2 rings (SSSR count). The lowest BCUT2D eigenvalue weighted by Crippen LogP contribution is -2.21. The van der Waals surface area contributed by atoms with Crippen LogP contribution in [0.4, 0.5) is 8.78 Å². The molecule has 0 amide bonds. The second kappa shape index (κ2) is 4.73. The second-order valence-corrected chi connectivity index (χ2v) is 4.46. The average Bonchev–Trinajstić information content (AvgIpc) is 2.80. The van der Waals surface area contributed by atoms with Gasteiger partial charge in [-0.25, -0.2) is 8.78 Å². The molecule has 1 aromatic heterocycles. The number of hydrogen-bond donors (Lipinski definition) is 1. The lowest BCUT2D eigenvalue weighted by Gasteiger charge is -2.09. The van der Waals surface area contributed by atoms with Crippen LogP contribution in [0.2, 0.25) is 0 Å². The highest BCUT2D eigenvalue weighted by Crippen LogP contribution is 2.22. The standard InChI is InChI=1S/C12H9F2NOS/c13-7-3-4-8(9(14)6-7)12(16)11(15)10-2-1-5-17-10/h1-6,11H,15H2. The first-order valence-corrected chi connectivity index (χ1v) is 5.76. The molecule has 0 spiro atoms. The summed E-state index contributed by atoms with van der Waals surface area (Å²) in [4.78, 5) is 12.5. The summed E-state index contributed by atoms with van der Waals surface area (Å²) < 4.78 is 26.1. The smallest absolute Gasteiger partial charge is 0.187 e. The van der Waals surface area contributed by atoms with Crippen LogP contribution in [0.1, 0.15) is 21.3 Å². The molecular weight excluding hydrogens is 244 g/mol. The van der Waals surface area contributed by atoms with Crippen molar-refractivity contribution in [3.8, 4) is 0 Å². The van der Waals surface area contributed by atoms with Gasteiger partial charge in [0, 0.05) is 10.9 Å². The molecule has 2 aromatic rings. The van der Waals surface area contributed by atoms with Gasteiger partial charge in [0.25, 0.3) is 0 Å². The Morgan fingerprint density at radius 1 is 1.29 bits per heavy atom. The number of carbonyl (C=O) groups excluding carboxylic acids is 1. The summed E-state index contributed by atoms with van der Waals surface area (Å²) in [6.07, 6.45) is 0. The number of carbonyl (C=O) groups is 1. The van der Waals surface area contributed by atoms with Crippen molar-refractivity contribution in [1.29, 1.82) is 0 Å². The Hall–Kier alpha value is -1.59. The first-order valence-electron chi connectivity index (χ1n) is 4.88. The van der Waals surface area contributed by atoms with Gasteiger partial charge in [0.05, 0.1) is 5.56 Å². The van der Waals surface area contributed by atoms with Crippen molar-refractivity contribution in [2.75, 3.05) is 0 Å². The molecular formula is C12H9F2NOS. The van der Waals surface area contributed by atoms with E-state index in [4.69, 9.17) is 5.73 Å². The van der Waals surface area contributed by atoms with Gasteiger partial charge in [-0.2, -0.15) is 0 Å². The van der Waals surface area contributed by atoms with Crippen LogP contribution in [0.5, 0.6) is 0 Å². The largest absolute Gasteiger partial charge is 0.317 e. The van der Waals surface area contributed by atoms with Crippen molar-refractivity contribution in [2.45, 2.75) is 6.04 Å². The highest BCUT2D eigenvalue weighted by molar-refractivity contribution is 7.10. The molecule has 0 radical (unpaired) electrons. The highest BCUT2D eigenvalue weighted by atomic mass is 32.1. The Bertz CT molecular complexity index is 539. The Labute approximate surface area is 101 Å². The fourth-order valence-corrected chi connectivity index (χ4v) is 2.18. The van der Waals surface area contributed by atoms with Gasteiger partial charge >= 0.3 is 0 Å². The summed E-state index contributed by atoms with van der Waals surface area (Å²) in [6.45, 7) is 0. The zero-order valence-corrected chi connectivity index (χ0v) is 9.51. The van der Waals surface area contributed by atoms with Gasteiger partial charge in [0.1, 0.15) is 17.7 Å². The van der Waals surface area contributed by atoms with Crippen LogP contribution in [0.3, 0.4) is 0 Å². The summed E-state index contributed by atoms with van der Waals surface area (Å²) in [5.74, 6) is -2.16. The Morgan fingerprint density at radius 3 is 2.65 bits per heavy atom. The molecule has 1 atom stereocenters. The minimum absolute atomic E-state index is 0.188. The van der Waals surface area contributed by atoms with Crippen LogP contribution in [-0.2, 0) is 0 Å². The monoisotopic (exact) mass is 253 g/mol. The maximum Gasteiger partial charge on any atom is 0.187 e. The molecule has 0 bridgehead atoms. The summed E-state index contributed by atoms with van der Waals surface area (Å²) in [5.41, 5.74) is 5.53. The van der Waals surface area contributed by atoms with E-state index in [1.54, 1.807) is 17.5 Å². The molecule has 2 nitrogen and oxygen atoms in total. The number of thiophene rings is 1. The van der Waals surface area contributed by atoms with Crippen LogP contribution in [0, 0.1) is 11.6 Å². The van der Waals surface area contributed by atoms with Crippen LogP contribution >= 0.6 is 11.3 Å².